The van der Waals surface area contributed by atoms with E-state index < -0.39 is 15.9 Å². The first kappa shape index (κ1) is 23.2. The first-order valence-electron chi connectivity index (χ1n) is 8.70. The van der Waals surface area contributed by atoms with Crippen LogP contribution in [0.25, 0.3) is 0 Å². The molecule has 0 bridgehead atoms. The number of thioether (sulfide) groups is 1. The molecule has 0 aliphatic rings. The number of benzene rings is 2. The van der Waals surface area contributed by atoms with Crippen molar-refractivity contribution in [2.45, 2.75) is 22.6 Å². The number of carbonyl (C=O) groups excluding carboxylic acids is 2. The normalized spacial score (nSPS) is 11.3. The zero-order valence-corrected chi connectivity index (χ0v) is 18.4. The van der Waals surface area contributed by atoms with Crippen LogP contribution in [-0.2, 0) is 14.8 Å². The van der Waals surface area contributed by atoms with Crippen LogP contribution in [0.15, 0.2) is 58.3 Å². The highest BCUT2D eigenvalue weighted by atomic mass is 35.5. The van der Waals surface area contributed by atoms with E-state index in [-0.39, 0.29) is 22.8 Å². The number of halogens is 1. The summed E-state index contributed by atoms with van der Waals surface area (Å²) in [6.07, 6.45) is 0.876. The Bertz CT molecular complexity index is 964. The van der Waals surface area contributed by atoms with Crippen LogP contribution in [0.2, 0.25) is 5.02 Å². The van der Waals surface area contributed by atoms with Crippen molar-refractivity contribution in [3.8, 4) is 0 Å². The topological polar surface area (TPSA) is 95.6 Å². The molecule has 0 aliphatic carbocycles. The zero-order valence-electron chi connectivity index (χ0n) is 16.0. The molecule has 0 aliphatic heterocycles. The van der Waals surface area contributed by atoms with Crippen molar-refractivity contribution in [3.05, 3.63) is 59.1 Å². The highest BCUT2D eigenvalue weighted by molar-refractivity contribution is 7.99. The molecule has 0 unspecified atom stereocenters. The van der Waals surface area contributed by atoms with Crippen LogP contribution in [0, 0.1) is 0 Å². The second-order valence-corrected chi connectivity index (χ2v) is 9.98. The Morgan fingerprint density at radius 2 is 1.76 bits per heavy atom. The molecule has 2 aromatic rings. The molecule has 29 heavy (non-hydrogen) atoms. The fourth-order valence-electron chi connectivity index (χ4n) is 2.22. The van der Waals surface area contributed by atoms with E-state index in [9.17, 15) is 18.0 Å². The molecule has 2 aromatic carbocycles. The average Bonchev–Trinajstić information content (AvgIpc) is 2.70. The van der Waals surface area contributed by atoms with E-state index in [0.717, 1.165) is 15.0 Å². The number of hydrogen-bond acceptors (Lipinski definition) is 5. The molecule has 2 N–H and O–H groups in total. The lowest BCUT2D eigenvalue weighted by Gasteiger charge is -2.12. The number of sulfonamides is 1. The molecule has 2 rings (SSSR count). The van der Waals surface area contributed by atoms with Gasteiger partial charge in [0.25, 0.3) is 5.91 Å². The Balaban J connectivity index is 1.78. The number of amides is 2. The summed E-state index contributed by atoms with van der Waals surface area (Å²) >= 11 is 7.45. The molecule has 0 atom stereocenters. The van der Waals surface area contributed by atoms with Crippen molar-refractivity contribution >= 4 is 45.2 Å². The average molecular weight is 456 g/mol. The molecule has 0 radical (unpaired) electrons. The Kier molecular flexibility index (Phi) is 8.51. The van der Waals surface area contributed by atoms with Crippen molar-refractivity contribution in [1.82, 2.24) is 15.2 Å². The zero-order chi connectivity index (χ0) is 21.4. The van der Waals surface area contributed by atoms with Gasteiger partial charge < -0.3 is 0 Å². The molecular weight excluding hydrogens is 434 g/mol. The minimum absolute atomic E-state index is 0.000649. The van der Waals surface area contributed by atoms with Crippen LogP contribution in [-0.4, -0.2) is 44.4 Å². The molecule has 0 saturated carbocycles. The summed E-state index contributed by atoms with van der Waals surface area (Å²) in [5.41, 5.74) is 4.78. The lowest BCUT2D eigenvalue weighted by atomic mass is 10.2. The van der Waals surface area contributed by atoms with Gasteiger partial charge in [-0.15, -0.1) is 11.8 Å². The SMILES string of the molecule is CN(C)S(=O)(=O)c1cccc(C(=O)NNC(=O)CCCSc2ccc(Cl)cc2)c1. The molecule has 0 spiro atoms. The van der Waals surface area contributed by atoms with Gasteiger partial charge in [0, 0.05) is 36.0 Å². The quantitative estimate of drug-likeness (QED) is 0.362. The molecule has 2 amide bonds. The minimum atomic E-state index is -3.65. The molecule has 7 nitrogen and oxygen atoms in total. The lowest BCUT2D eigenvalue weighted by molar-refractivity contribution is -0.121. The number of hydrogen-bond donors (Lipinski definition) is 2. The minimum Gasteiger partial charge on any atom is -0.273 e. The van der Waals surface area contributed by atoms with E-state index >= 15 is 0 Å². The maximum atomic E-state index is 12.2. The third-order valence-electron chi connectivity index (χ3n) is 3.82. The Morgan fingerprint density at radius 3 is 2.41 bits per heavy atom. The van der Waals surface area contributed by atoms with Crippen molar-refractivity contribution in [3.63, 3.8) is 0 Å². The number of carbonyl (C=O) groups is 2. The third-order valence-corrected chi connectivity index (χ3v) is 6.98. The molecule has 0 saturated heterocycles. The van der Waals surface area contributed by atoms with Gasteiger partial charge in [-0.05, 0) is 54.6 Å². The van der Waals surface area contributed by atoms with Crippen LogP contribution in [0.3, 0.4) is 0 Å². The first-order chi connectivity index (χ1) is 13.7. The van der Waals surface area contributed by atoms with Crippen LogP contribution in [0.1, 0.15) is 23.2 Å². The van der Waals surface area contributed by atoms with Gasteiger partial charge in [0.1, 0.15) is 0 Å². The van der Waals surface area contributed by atoms with Crippen LogP contribution >= 0.6 is 23.4 Å². The summed E-state index contributed by atoms with van der Waals surface area (Å²) in [7, 11) is -0.828. The van der Waals surface area contributed by atoms with Gasteiger partial charge >= 0.3 is 0 Å². The van der Waals surface area contributed by atoms with E-state index in [1.807, 2.05) is 24.3 Å². The standard InChI is InChI=1S/C19H22ClN3O4S2/c1-23(2)29(26,27)17-6-3-5-14(13-17)19(25)22-21-18(24)7-4-12-28-16-10-8-15(20)9-11-16/h3,5-6,8-11,13H,4,7,12H2,1-2H3,(H,21,24)(H,22,25). The maximum absolute atomic E-state index is 12.2. The number of nitrogens with one attached hydrogen (secondary N) is 2. The molecule has 156 valence electrons. The second-order valence-electron chi connectivity index (χ2n) is 6.22. The Hall–Kier alpha value is -2.07. The molecule has 0 aromatic heterocycles. The number of nitrogens with zero attached hydrogens (tertiary/aromatic N) is 1. The predicted molar refractivity (Wildman–Crippen MR) is 114 cm³/mol. The van der Waals surface area contributed by atoms with E-state index in [4.69, 9.17) is 11.6 Å². The van der Waals surface area contributed by atoms with Crippen molar-refractivity contribution in [2.24, 2.45) is 0 Å². The van der Waals surface area contributed by atoms with E-state index in [1.165, 1.54) is 38.4 Å². The number of rotatable bonds is 8. The molecule has 0 fully saturated rings. The fraction of sp³-hybridized carbons (Fsp3) is 0.263. The molecule has 0 heterocycles. The van der Waals surface area contributed by atoms with Gasteiger partial charge in [-0.3, -0.25) is 20.4 Å². The lowest BCUT2D eigenvalue weighted by Crippen LogP contribution is -2.41. The van der Waals surface area contributed by atoms with Crippen LogP contribution in [0.5, 0.6) is 0 Å². The summed E-state index contributed by atoms with van der Waals surface area (Å²) in [6.45, 7) is 0. The summed E-state index contributed by atoms with van der Waals surface area (Å²) < 4.78 is 25.4. The number of hydrazine groups is 1. The second kappa shape index (κ2) is 10.6. The highest BCUT2D eigenvalue weighted by Gasteiger charge is 2.18. The summed E-state index contributed by atoms with van der Waals surface area (Å²) in [6, 6.07) is 13.1. The van der Waals surface area contributed by atoms with Crippen molar-refractivity contribution in [2.75, 3.05) is 19.8 Å². The van der Waals surface area contributed by atoms with Crippen molar-refractivity contribution < 1.29 is 18.0 Å². The fourth-order valence-corrected chi connectivity index (χ4v) is 4.15. The highest BCUT2D eigenvalue weighted by Crippen LogP contribution is 2.21. The predicted octanol–water partition coefficient (Wildman–Crippen LogP) is 2.92. The van der Waals surface area contributed by atoms with Gasteiger partial charge in [0.05, 0.1) is 4.90 Å². The van der Waals surface area contributed by atoms with Crippen LogP contribution < -0.4 is 10.9 Å². The van der Waals surface area contributed by atoms with Crippen LogP contribution in [0.4, 0.5) is 0 Å². The Labute approximate surface area is 179 Å². The third kappa shape index (κ3) is 7.04. The maximum Gasteiger partial charge on any atom is 0.269 e. The Morgan fingerprint density at radius 1 is 1.07 bits per heavy atom. The smallest absolute Gasteiger partial charge is 0.269 e. The molecular formula is C19H22ClN3O4S2. The van der Waals surface area contributed by atoms with Gasteiger partial charge in [0.15, 0.2) is 0 Å². The van der Waals surface area contributed by atoms with E-state index in [1.54, 1.807) is 11.8 Å². The largest absolute Gasteiger partial charge is 0.273 e. The van der Waals surface area contributed by atoms with Gasteiger partial charge in [-0.2, -0.15) is 0 Å². The monoisotopic (exact) mass is 455 g/mol. The van der Waals surface area contributed by atoms with Gasteiger partial charge in [-0.25, -0.2) is 12.7 Å². The summed E-state index contributed by atoms with van der Waals surface area (Å²) in [5.74, 6) is -0.176. The summed E-state index contributed by atoms with van der Waals surface area (Å²) in [5, 5.41) is 0.675. The van der Waals surface area contributed by atoms with Gasteiger partial charge in [-0.1, -0.05) is 17.7 Å². The first-order valence-corrected chi connectivity index (χ1v) is 11.5. The van der Waals surface area contributed by atoms with E-state index in [2.05, 4.69) is 10.9 Å². The van der Waals surface area contributed by atoms with Gasteiger partial charge in [0.2, 0.25) is 15.9 Å². The van der Waals surface area contributed by atoms with E-state index in [0.29, 0.717) is 11.4 Å². The van der Waals surface area contributed by atoms with Crippen molar-refractivity contribution in [1.29, 1.82) is 0 Å². The molecule has 10 heteroatoms. The summed E-state index contributed by atoms with van der Waals surface area (Å²) in [4.78, 5) is 25.2.